The molecule has 2 amide bonds. The predicted molar refractivity (Wildman–Crippen MR) is 90.2 cm³/mol. The third kappa shape index (κ3) is 4.55. The summed E-state index contributed by atoms with van der Waals surface area (Å²) in [7, 11) is 0. The molecule has 1 aromatic carbocycles. The van der Waals surface area contributed by atoms with Gasteiger partial charge >= 0.3 is 6.03 Å². The molecule has 0 saturated carbocycles. The number of benzene rings is 1. The van der Waals surface area contributed by atoms with Gasteiger partial charge < -0.3 is 20.3 Å². The lowest BCUT2D eigenvalue weighted by Gasteiger charge is -2.29. The second-order valence-electron chi connectivity index (χ2n) is 6.03. The molecule has 3 N–H and O–H groups in total. The molecule has 2 atom stereocenters. The smallest absolute Gasteiger partial charge is 0.315 e. The number of amides is 2. The van der Waals surface area contributed by atoms with Crippen molar-refractivity contribution < 1.29 is 14.4 Å². The molecule has 130 valence electrons. The van der Waals surface area contributed by atoms with E-state index in [0.29, 0.717) is 18.1 Å². The number of nitrogens with one attached hydrogen (secondary N) is 2. The van der Waals surface area contributed by atoms with E-state index in [1.807, 2.05) is 44.2 Å². The lowest BCUT2D eigenvalue weighted by Crippen LogP contribution is -2.50. The molecular formula is C17H24N4O3. The van der Waals surface area contributed by atoms with Gasteiger partial charge in [-0.25, -0.2) is 4.79 Å². The molecule has 0 radical (unpaired) electrons. The molecule has 0 aliphatic rings. The predicted octanol–water partition coefficient (Wildman–Crippen LogP) is 2.65. The summed E-state index contributed by atoms with van der Waals surface area (Å²) in [5.74, 6) is 0.822. The van der Waals surface area contributed by atoms with Crippen LogP contribution in [0.5, 0.6) is 0 Å². The highest BCUT2D eigenvalue weighted by Gasteiger charge is 2.25. The average Bonchev–Trinajstić information content (AvgIpc) is 3.06. The number of urea groups is 1. The van der Waals surface area contributed by atoms with Gasteiger partial charge in [0.15, 0.2) is 5.82 Å². The molecule has 2 rings (SSSR count). The van der Waals surface area contributed by atoms with Crippen molar-refractivity contribution >= 4 is 6.03 Å². The van der Waals surface area contributed by atoms with Crippen molar-refractivity contribution in [1.29, 1.82) is 0 Å². The van der Waals surface area contributed by atoms with Crippen LogP contribution in [0.15, 0.2) is 34.9 Å². The Hall–Kier alpha value is -2.41. The third-order valence-corrected chi connectivity index (χ3v) is 4.06. The fourth-order valence-electron chi connectivity index (χ4n) is 2.25. The lowest BCUT2D eigenvalue weighted by atomic mass is 9.95. The van der Waals surface area contributed by atoms with Crippen molar-refractivity contribution in [2.45, 2.75) is 45.2 Å². The first-order valence-corrected chi connectivity index (χ1v) is 8.06. The van der Waals surface area contributed by atoms with Crippen LogP contribution in [-0.4, -0.2) is 33.4 Å². The number of rotatable bonds is 7. The van der Waals surface area contributed by atoms with Gasteiger partial charge in [0.25, 0.3) is 5.89 Å². The maximum atomic E-state index is 12.2. The van der Waals surface area contributed by atoms with Crippen molar-refractivity contribution in [1.82, 2.24) is 20.8 Å². The Morgan fingerprint density at radius 3 is 2.71 bits per heavy atom. The zero-order chi connectivity index (χ0) is 17.6. The lowest BCUT2D eigenvalue weighted by molar-refractivity contribution is 0.198. The van der Waals surface area contributed by atoms with E-state index in [2.05, 4.69) is 20.8 Å². The molecule has 1 aromatic heterocycles. The van der Waals surface area contributed by atoms with Crippen LogP contribution in [0.4, 0.5) is 4.79 Å². The molecule has 0 aliphatic carbocycles. The molecule has 24 heavy (non-hydrogen) atoms. The van der Waals surface area contributed by atoms with Crippen LogP contribution in [0.25, 0.3) is 11.5 Å². The molecule has 7 heteroatoms. The van der Waals surface area contributed by atoms with Crippen LogP contribution in [0.1, 0.15) is 45.5 Å². The van der Waals surface area contributed by atoms with Crippen molar-refractivity contribution in [3.63, 3.8) is 0 Å². The van der Waals surface area contributed by atoms with E-state index >= 15 is 0 Å². The number of hydrogen-bond acceptors (Lipinski definition) is 5. The van der Waals surface area contributed by atoms with E-state index in [1.54, 1.807) is 6.92 Å². The summed E-state index contributed by atoms with van der Waals surface area (Å²) in [6, 6.07) is 8.72. The summed E-state index contributed by atoms with van der Waals surface area (Å²) in [6.45, 7) is 5.67. The largest absolute Gasteiger partial charge is 0.396 e. The standard InChI is InChI=1S/C17H24N4O3/c1-4-17(3,10-11-22)20-16(23)18-12(2)14-19-15(24-21-14)13-8-6-5-7-9-13/h5-9,12,22H,4,10-11H2,1-3H3,(H2,18,20,23). The minimum Gasteiger partial charge on any atom is -0.396 e. The summed E-state index contributed by atoms with van der Waals surface area (Å²) < 4.78 is 5.25. The molecule has 0 aliphatic heterocycles. The van der Waals surface area contributed by atoms with Gasteiger partial charge in [0.2, 0.25) is 0 Å². The molecule has 2 aromatic rings. The zero-order valence-electron chi connectivity index (χ0n) is 14.2. The molecular weight excluding hydrogens is 308 g/mol. The second kappa shape index (κ2) is 7.92. The summed E-state index contributed by atoms with van der Waals surface area (Å²) in [6.07, 6.45) is 1.21. The van der Waals surface area contributed by atoms with Crippen LogP contribution in [0, 0.1) is 0 Å². The van der Waals surface area contributed by atoms with Crippen molar-refractivity contribution in [2.75, 3.05) is 6.61 Å². The van der Waals surface area contributed by atoms with E-state index in [0.717, 1.165) is 12.0 Å². The number of hydrogen-bond donors (Lipinski definition) is 3. The van der Waals surface area contributed by atoms with Gasteiger partial charge in [-0.3, -0.25) is 0 Å². The summed E-state index contributed by atoms with van der Waals surface area (Å²) in [5, 5.41) is 18.7. The maximum Gasteiger partial charge on any atom is 0.315 e. The fraction of sp³-hybridized carbons (Fsp3) is 0.471. The maximum absolute atomic E-state index is 12.2. The summed E-state index contributed by atoms with van der Waals surface area (Å²) in [5.41, 5.74) is 0.375. The molecule has 0 bridgehead atoms. The highest BCUT2D eigenvalue weighted by atomic mass is 16.5. The monoisotopic (exact) mass is 332 g/mol. The van der Waals surface area contributed by atoms with E-state index in [9.17, 15) is 4.79 Å². The van der Waals surface area contributed by atoms with Gasteiger partial charge in [-0.05, 0) is 38.8 Å². The second-order valence-corrected chi connectivity index (χ2v) is 6.03. The molecule has 0 saturated heterocycles. The topological polar surface area (TPSA) is 100 Å². The third-order valence-electron chi connectivity index (χ3n) is 4.06. The molecule has 2 unspecified atom stereocenters. The number of aliphatic hydroxyl groups excluding tert-OH is 1. The molecule has 0 fully saturated rings. The van der Waals surface area contributed by atoms with Gasteiger partial charge in [0.1, 0.15) is 0 Å². The van der Waals surface area contributed by atoms with Gasteiger partial charge in [0.05, 0.1) is 6.04 Å². The van der Waals surface area contributed by atoms with E-state index in [4.69, 9.17) is 9.63 Å². The first-order chi connectivity index (χ1) is 11.5. The average molecular weight is 332 g/mol. The number of carbonyl (C=O) groups excluding carboxylic acids is 1. The van der Waals surface area contributed by atoms with Crippen molar-refractivity contribution in [2.24, 2.45) is 0 Å². The molecule has 0 spiro atoms. The van der Waals surface area contributed by atoms with Crippen molar-refractivity contribution in [3.8, 4) is 11.5 Å². The quantitative estimate of drug-likeness (QED) is 0.724. The Kier molecular flexibility index (Phi) is 5.92. The highest BCUT2D eigenvalue weighted by Crippen LogP contribution is 2.19. The number of carbonyl (C=O) groups is 1. The first-order valence-electron chi connectivity index (χ1n) is 8.06. The Balaban J connectivity index is 1.98. The Bertz CT molecular complexity index is 659. The Labute approximate surface area is 141 Å². The Morgan fingerprint density at radius 1 is 1.38 bits per heavy atom. The minimum atomic E-state index is -0.453. The zero-order valence-corrected chi connectivity index (χ0v) is 14.2. The molecule has 1 heterocycles. The van der Waals surface area contributed by atoms with Crippen LogP contribution >= 0.6 is 0 Å². The van der Waals surface area contributed by atoms with Gasteiger partial charge in [-0.15, -0.1) is 0 Å². The van der Waals surface area contributed by atoms with Crippen molar-refractivity contribution in [3.05, 3.63) is 36.2 Å². The van der Waals surface area contributed by atoms with E-state index in [1.165, 1.54) is 0 Å². The van der Waals surface area contributed by atoms with Crippen LogP contribution in [0.2, 0.25) is 0 Å². The van der Waals surface area contributed by atoms with Gasteiger partial charge in [-0.1, -0.05) is 30.3 Å². The van der Waals surface area contributed by atoms with Crippen LogP contribution in [-0.2, 0) is 0 Å². The van der Waals surface area contributed by atoms with Gasteiger partial charge in [0, 0.05) is 17.7 Å². The number of nitrogens with zero attached hydrogens (tertiary/aromatic N) is 2. The first kappa shape index (κ1) is 17.9. The summed E-state index contributed by atoms with van der Waals surface area (Å²) >= 11 is 0. The van der Waals surface area contributed by atoms with E-state index < -0.39 is 11.6 Å². The number of aliphatic hydroxyl groups is 1. The van der Waals surface area contributed by atoms with Crippen LogP contribution < -0.4 is 10.6 Å². The highest BCUT2D eigenvalue weighted by molar-refractivity contribution is 5.75. The normalized spacial score (nSPS) is 14.7. The Morgan fingerprint density at radius 2 is 2.08 bits per heavy atom. The fourth-order valence-corrected chi connectivity index (χ4v) is 2.25. The SMILES string of the molecule is CCC(C)(CCO)NC(=O)NC(C)c1noc(-c2ccccc2)n1. The van der Waals surface area contributed by atoms with Gasteiger partial charge in [-0.2, -0.15) is 4.98 Å². The van der Waals surface area contributed by atoms with Crippen LogP contribution in [0.3, 0.4) is 0 Å². The minimum absolute atomic E-state index is 0.0193. The summed E-state index contributed by atoms with van der Waals surface area (Å²) in [4.78, 5) is 16.5. The molecule has 7 nitrogen and oxygen atoms in total. The number of aromatic nitrogens is 2. The van der Waals surface area contributed by atoms with E-state index in [-0.39, 0.29) is 12.6 Å².